The van der Waals surface area contributed by atoms with Crippen LogP contribution in [0.5, 0.6) is 0 Å². The lowest BCUT2D eigenvalue weighted by atomic mass is 9.42. The normalized spacial score (nSPS) is 43.1. The number of carbonyl (C=O) groups excluding carboxylic acids is 1. The first-order valence-corrected chi connectivity index (χ1v) is 15.0. The molecule has 0 amide bonds. The molecule has 0 aromatic carbocycles. The highest BCUT2D eigenvalue weighted by Crippen LogP contribution is 2.69. The minimum atomic E-state index is -0.0554. The van der Waals surface area contributed by atoms with E-state index in [0.29, 0.717) is 16.6 Å². The van der Waals surface area contributed by atoms with Crippen molar-refractivity contribution in [3.63, 3.8) is 0 Å². The van der Waals surface area contributed by atoms with Crippen molar-refractivity contribution in [2.75, 3.05) is 0 Å². The Balaban J connectivity index is 1.38. The topological polar surface area (TPSA) is 17.1 Å². The Morgan fingerprint density at radius 2 is 1.67 bits per heavy atom. The van der Waals surface area contributed by atoms with Crippen LogP contribution in [0.25, 0.3) is 0 Å². The molecular formula is C32H52O. The van der Waals surface area contributed by atoms with Crippen molar-refractivity contribution >= 4 is 5.78 Å². The Kier molecular flexibility index (Phi) is 6.44. The Labute approximate surface area is 204 Å². The van der Waals surface area contributed by atoms with Gasteiger partial charge in [-0.05, 0) is 97.7 Å². The molecule has 5 aliphatic carbocycles. The molecule has 0 aliphatic heterocycles. The summed E-state index contributed by atoms with van der Waals surface area (Å²) in [6, 6.07) is 0. The average molecular weight is 453 g/mol. The van der Waals surface area contributed by atoms with Gasteiger partial charge in [-0.1, -0.05) is 84.8 Å². The predicted molar refractivity (Wildman–Crippen MR) is 139 cm³/mol. The monoisotopic (exact) mass is 452 g/mol. The van der Waals surface area contributed by atoms with Gasteiger partial charge in [0.15, 0.2) is 0 Å². The van der Waals surface area contributed by atoms with Gasteiger partial charge in [0.25, 0.3) is 0 Å². The fraction of sp³-hybridized carbons (Fsp3) is 0.906. The molecule has 0 heterocycles. The zero-order valence-corrected chi connectivity index (χ0v) is 22.6. The SMILES string of the molecule is CC(C)CCC[C@@H](C)[C@H]1CC[C@H]2[C@@H]3CC=C4C5(CCCCC5)C(=O)CC[C@]4(C)[C@H]3CC[C@]12C. The third kappa shape index (κ3) is 3.72. The van der Waals surface area contributed by atoms with Crippen LogP contribution < -0.4 is 0 Å². The summed E-state index contributed by atoms with van der Waals surface area (Å²) in [5, 5.41) is 0. The largest absolute Gasteiger partial charge is 0.299 e. The van der Waals surface area contributed by atoms with Crippen LogP contribution in [0.3, 0.4) is 0 Å². The second-order valence-corrected chi connectivity index (χ2v) is 14.2. The molecule has 1 nitrogen and oxygen atoms in total. The smallest absolute Gasteiger partial charge is 0.143 e. The number of rotatable bonds is 5. The first-order valence-electron chi connectivity index (χ1n) is 15.0. The van der Waals surface area contributed by atoms with E-state index < -0.39 is 0 Å². The lowest BCUT2D eigenvalue weighted by molar-refractivity contribution is -0.136. The van der Waals surface area contributed by atoms with Gasteiger partial charge in [-0.25, -0.2) is 0 Å². The minimum Gasteiger partial charge on any atom is -0.299 e. The number of ketones is 1. The van der Waals surface area contributed by atoms with E-state index in [2.05, 4.69) is 40.7 Å². The summed E-state index contributed by atoms with van der Waals surface area (Å²) in [5.41, 5.74) is 2.45. The van der Waals surface area contributed by atoms with Gasteiger partial charge in [0.2, 0.25) is 0 Å². The Morgan fingerprint density at radius 3 is 2.39 bits per heavy atom. The van der Waals surface area contributed by atoms with Gasteiger partial charge in [-0.15, -0.1) is 0 Å². The summed E-state index contributed by atoms with van der Waals surface area (Å²) in [4.78, 5) is 13.4. The minimum absolute atomic E-state index is 0.0554. The molecule has 33 heavy (non-hydrogen) atoms. The molecule has 4 fully saturated rings. The molecule has 0 N–H and O–H groups in total. The standard InChI is InChI=1S/C32H52O/c1-22(2)10-9-11-23(3)25-13-14-26-24-12-15-28-31(5,27(24)16-20-30(25,26)4)21-17-29(33)32(28)18-7-6-8-19-32/h15,22-27H,6-14,16-21H2,1-5H3/t23-,24+,25-,26+,27+,30-,31-/m1/s1. The van der Waals surface area contributed by atoms with Crippen molar-refractivity contribution in [2.45, 2.75) is 131 Å². The molecule has 0 unspecified atom stereocenters. The number of fused-ring (bicyclic) bond motifs is 6. The number of allylic oxidation sites excluding steroid dienone is 2. The zero-order chi connectivity index (χ0) is 23.4. The van der Waals surface area contributed by atoms with E-state index in [4.69, 9.17) is 0 Å². The molecule has 1 heteroatoms. The van der Waals surface area contributed by atoms with Crippen LogP contribution in [-0.2, 0) is 4.79 Å². The van der Waals surface area contributed by atoms with E-state index in [-0.39, 0.29) is 5.41 Å². The van der Waals surface area contributed by atoms with E-state index >= 15 is 0 Å². The van der Waals surface area contributed by atoms with Gasteiger partial charge in [-0.3, -0.25) is 4.79 Å². The Bertz CT molecular complexity index is 769. The average Bonchev–Trinajstić information content (AvgIpc) is 3.14. The number of hydrogen-bond acceptors (Lipinski definition) is 1. The van der Waals surface area contributed by atoms with Gasteiger partial charge >= 0.3 is 0 Å². The van der Waals surface area contributed by atoms with Crippen LogP contribution in [0.1, 0.15) is 131 Å². The van der Waals surface area contributed by atoms with Gasteiger partial charge in [0.1, 0.15) is 5.78 Å². The van der Waals surface area contributed by atoms with Gasteiger partial charge < -0.3 is 0 Å². The van der Waals surface area contributed by atoms with Crippen molar-refractivity contribution in [1.82, 2.24) is 0 Å². The first-order chi connectivity index (χ1) is 15.7. The highest BCUT2D eigenvalue weighted by molar-refractivity contribution is 5.90. The molecule has 0 radical (unpaired) electrons. The van der Waals surface area contributed by atoms with Crippen molar-refractivity contribution in [3.8, 4) is 0 Å². The Morgan fingerprint density at radius 1 is 0.909 bits per heavy atom. The van der Waals surface area contributed by atoms with E-state index in [0.717, 1.165) is 61.2 Å². The van der Waals surface area contributed by atoms with Gasteiger partial charge in [0, 0.05) is 6.42 Å². The highest BCUT2D eigenvalue weighted by atomic mass is 16.1. The fourth-order valence-electron chi connectivity index (χ4n) is 10.6. The lowest BCUT2D eigenvalue weighted by Crippen LogP contribution is -2.55. The second kappa shape index (κ2) is 8.81. The number of Topliss-reactive ketones (excluding diaryl/α,β-unsaturated/α-hetero) is 1. The van der Waals surface area contributed by atoms with E-state index in [9.17, 15) is 4.79 Å². The maximum atomic E-state index is 13.4. The molecule has 186 valence electrons. The zero-order valence-electron chi connectivity index (χ0n) is 22.6. The quantitative estimate of drug-likeness (QED) is 0.380. The van der Waals surface area contributed by atoms with Crippen LogP contribution in [-0.4, -0.2) is 5.78 Å². The van der Waals surface area contributed by atoms with Crippen molar-refractivity contribution in [2.24, 2.45) is 51.8 Å². The maximum absolute atomic E-state index is 13.4. The summed E-state index contributed by atoms with van der Waals surface area (Å²) in [7, 11) is 0. The fourth-order valence-corrected chi connectivity index (χ4v) is 10.6. The van der Waals surface area contributed by atoms with Crippen LogP contribution in [0, 0.1) is 51.8 Å². The first kappa shape index (κ1) is 24.1. The summed E-state index contributed by atoms with van der Waals surface area (Å²) in [6.07, 6.45) is 22.2. The highest BCUT2D eigenvalue weighted by Gasteiger charge is 2.62. The predicted octanol–water partition coefficient (Wildman–Crippen LogP) is 9.16. The lowest BCUT2D eigenvalue weighted by Gasteiger charge is -2.61. The molecule has 4 saturated carbocycles. The number of hydrogen-bond donors (Lipinski definition) is 0. The van der Waals surface area contributed by atoms with Crippen molar-refractivity contribution in [3.05, 3.63) is 11.6 Å². The van der Waals surface area contributed by atoms with Crippen LogP contribution in [0.4, 0.5) is 0 Å². The van der Waals surface area contributed by atoms with Crippen molar-refractivity contribution < 1.29 is 4.79 Å². The molecule has 1 spiro atoms. The summed E-state index contributed by atoms with van der Waals surface area (Å²) < 4.78 is 0. The third-order valence-electron chi connectivity index (χ3n) is 12.3. The van der Waals surface area contributed by atoms with Crippen LogP contribution in [0.15, 0.2) is 11.6 Å². The maximum Gasteiger partial charge on any atom is 0.143 e. The van der Waals surface area contributed by atoms with E-state index in [1.165, 1.54) is 70.6 Å². The molecule has 5 rings (SSSR count). The van der Waals surface area contributed by atoms with Crippen molar-refractivity contribution in [1.29, 1.82) is 0 Å². The molecular weight excluding hydrogens is 400 g/mol. The number of carbonyl (C=O) groups is 1. The molecule has 0 aromatic rings. The summed E-state index contributed by atoms with van der Waals surface area (Å²) >= 11 is 0. The summed E-state index contributed by atoms with van der Waals surface area (Å²) in [6.45, 7) is 12.7. The second-order valence-electron chi connectivity index (χ2n) is 14.2. The molecule has 7 atom stereocenters. The van der Waals surface area contributed by atoms with Gasteiger partial charge in [-0.2, -0.15) is 0 Å². The van der Waals surface area contributed by atoms with Gasteiger partial charge in [0.05, 0.1) is 5.41 Å². The molecule has 5 aliphatic rings. The third-order valence-corrected chi connectivity index (χ3v) is 12.3. The van der Waals surface area contributed by atoms with Crippen LogP contribution in [0.2, 0.25) is 0 Å². The van der Waals surface area contributed by atoms with E-state index in [1.807, 2.05) is 0 Å². The molecule has 0 bridgehead atoms. The summed E-state index contributed by atoms with van der Waals surface area (Å²) in [5.74, 6) is 5.91. The molecule has 0 saturated heterocycles. The van der Waals surface area contributed by atoms with E-state index in [1.54, 1.807) is 5.57 Å². The Hall–Kier alpha value is -0.590. The molecule has 0 aromatic heterocycles. The van der Waals surface area contributed by atoms with Crippen LogP contribution >= 0.6 is 0 Å².